The average Bonchev–Trinajstić information content (AvgIpc) is 2.62. The molecule has 82 valence electrons. The summed E-state index contributed by atoms with van der Waals surface area (Å²) < 4.78 is 16.3. The summed E-state index contributed by atoms with van der Waals surface area (Å²) in [6.45, 7) is 4.64. The van der Waals surface area contributed by atoms with E-state index in [0.29, 0.717) is 13.2 Å². The van der Waals surface area contributed by atoms with Crippen molar-refractivity contribution in [2.45, 2.75) is 31.8 Å². The Morgan fingerprint density at radius 3 is 3.07 bits per heavy atom. The predicted molar refractivity (Wildman–Crippen MR) is 50.0 cm³/mol. The van der Waals surface area contributed by atoms with Gasteiger partial charge in [0.2, 0.25) is 0 Å². The Morgan fingerprint density at radius 2 is 2.27 bits per heavy atom. The molecule has 3 heterocycles. The SMILES string of the molecule is CC1(C)O[C@H]2CN3C(=O)OCC3=C[C@H]2O1. The van der Waals surface area contributed by atoms with Crippen molar-refractivity contribution in [3.8, 4) is 0 Å². The van der Waals surface area contributed by atoms with Gasteiger partial charge in [-0.1, -0.05) is 0 Å². The second-order valence-electron chi connectivity index (χ2n) is 4.46. The molecular formula is C10H13NO4. The molecule has 0 saturated carbocycles. The lowest BCUT2D eigenvalue weighted by atomic mass is 10.1. The monoisotopic (exact) mass is 211 g/mol. The van der Waals surface area contributed by atoms with Crippen LogP contribution in [0.25, 0.3) is 0 Å². The number of carbonyl (C=O) groups is 1. The summed E-state index contributed by atoms with van der Waals surface area (Å²) >= 11 is 0. The first-order valence-electron chi connectivity index (χ1n) is 5.06. The number of hydrogen-bond donors (Lipinski definition) is 0. The number of cyclic esters (lactones) is 1. The minimum atomic E-state index is -0.559. The fraction of sp³-hybridized carbons (Fsp3) is 0.700. The molecule has 0 aromatic rings. The average molecular weight is 211 g/mol. The molecule has 1 amide bonds. The molecule has 0 bridgehead atoms. The summed E-state index contributed by atoms with van der Waals surface area (Å²) in [6, 6.07) is 0. The van der Waals surface area contributed by atoms with E-state index in [1.54, 1.807) is 4.90 Å². The van der Waals surface area contributed by atoms with Crippen molar-refractivity contribution in [1.29, 1.82) is 0 Å². The first-order chi connectivity index (χ1) is 7.05. The van der Waals surface area contributed by atoms with Crippen molar-refractivity contribution in [1.82, 2.24) is 4.90 Å². The van der Waals surface area contributed by atoms with E-state index in [1.165, 1.54) is 0 Å². The van der Waals surface area contributed by atoms with Gasteiger partial charge in [-0.25, -0.2) is 4.79 Å². The minimum absolute atomic E-state index is 0.0549. The molecule has 0 unspecified atom stereocenters. The van der Waals surface area contributed by atoms with E-state index in [9.17, 15) is 4.79 Å². The van der Waals surface area contributed by atoms with E-state index in [0.717, 1.165) is 5.70 Å². The third-order valence-corrected chi connectivity index (χ3v) is 2.85. The van der Waals surface area contributed by atoms with Gasteiger partial charge >= 0.3 is 6.09 Å². The van der Waals surface area contributed by atoms with Gasteiger partial charge < -0.3 is 14.2 Å². The summed E-state index contributed by atoms with van der Waals surface area (Å²) in [5, 5.41) is 0. The maximum atomic E-state index is 11.3. The van der Waals surface area contributed by atoms with Crippen molar-refractivity contribution in [2.24, 2.45) is 0 Å². The van der Waals surface area contributed by atoms with E-state index in [2.05, 4.69) is 0 Å². The quantitative estimate of drug-likeness (QED) is 0.596. The van der Waals surface area contributed by atoms with Crippen LogP contribution in [-0.2, 0) is 14.2 Å². The molecule has 0 aromatic heterocycles. The number of rotatable bonds is 0. The van der Waals surface area contributed by atoms with Gasteiger partial charge in [0.25, 0.3) is 0 Å². The molecule has 5 nitrogen and oxygen atoms in total. The summed E-state index contributed by atoms with van der Waals surface area (Å²) in [7, 11) is 0. The third kappa shape index (κ3) is 1.34. The molecule has 3 aliphatic rings. The summed E-state index contributed by atoms with van der Waals surface area (Å²) in [5.41, 5.74) is 0.891. The normalized spacial score (nSPS) is 37.1. The fourth-order valence-corrected chi connectivity index (χ4v) is 2.25. The van der Waals surface area contributed by atoms with Gasteiger partial charge in [-0.3, -0.25) is 4.90 Å². The lowest BCUT2D eigenvalue weighted by molar-refractivity contribution is -0.142. The Kier molecular flexibility index (Phi) is 1.67. The van der Waals surface area contributed by atoms with Gasteiger partial charge in [-0.15, -0.1) is 0 Å². The molecule has 3 aliphatic heterocycles. The highest BCUT2D eigenvalue weighted by atomic mass is 16.8. The zero-order valence-electron chi connectivity index (χ0n) is 8.73. The highest BCUT2D eigenvalue weighted by Crippen LogP contribution is 2.35. The Bertz CT molecular complexity index is 349. The molecule has 3 rings (SSSR count). The van der Waals surface area contributed by atoms with Crippen LogP contribution < -0.4 is 0 Å². The number of carbonyl (C=O) groups excluding carboxylic acids is 1. The van der Waals surface area contributed by atoms with E-state index >= 15 is 0 Å². The molecular weight excluding hydrogens is 198 g/mol. The van der Waals surface area contributed by atoms with Crippen LogP contribution in [0.3, 0.4) is 0 Å². The highest BCUT2D eigenvalue weighted by Gasteiger charge is 2.46. The number of ether oxygens (including phenoxy) is 3. The van der Waals surface area contributed by atoms with Crippen LogP contribution in [0.15, 0.2) is 11.8 Å². The van der Waals surface area contributed by atoms with Crippen LogP contribution in [0.4, 0.5) is 4.79 Å². The second-order valence-corrected chi connectivity index (χ2v) is 4.46. The smallest absolute Gasteiger partial charge is 0.414 e. The van der Waals surface area contributed by atoms with Gasteiger partial charge in [-0.05, 0) is 19.9 Å². The summed E-state index contributed by atoms with van der Waals surface area (Å²) in [4.78, 5) is 12.9. The van der Waals surface area contributed by atoms with Crippen molar-refractivity contribution >= 4 is 6.09 Å². The third-order valence-electron chi connectivity index (χ3n) is 2.85. The van der Waals surface area contributed by atoms with E-state index in [1.807, 2.05) is 19.9 Å². The Morgan fingerprint density at radius 1 is 1.47 bits per heavy atom. The Balaban J connectivity index is 1.88. The second kappa shape index (κ2) is 2.74. The maximum Gasteiger partial charge on any atom is 0.414 e. The summed E-state index contributed by atoms with van der Waals surface area (Å²) in [5.74, 6) is -0.559. The van der Waals surface area contributed by atoms with E-state index in [4.69, 9.17) is 14.2 Å². The van der Waals surface area contributed by atoms with Gasteiger partial charge in [0, 0.05) is 0 Å². The number of fused-ring (bicyclic) bond motifs is 2. The minimum Gasteiger partial charge on any atom is -0.443 e. The standard InChI is InChI=1S/C10H13NO4/c1-10(2)14-7-3-6-5-13-9(12)11(6)4-8(7)15-10/h3,7-8H,4-5H2,1-2H3/t7-,8+/m1/s1. The predicted octanol–water partition coefficient (Wildman–Crippen LogP) is 0.856. The zero-order chi connectivity index (χ0) is 10.6. The molecule has 0 N–H and O–H groups in total. The van der Waals surface area contributed by atoms with Gasteiger partial charge in [0.05, 0.1) is 12.2 Å². The maximum absolute atomic E-state index is 11.3. The lowest BCUT2D eigenvalue weighted by Gasteiger charge is -2.26. The topological polar surface area (TPSA) is 48.0 Å². The van der Waals surface area contributed by atoms with Crippen molar-refractivity contribution in [3.05, 3.63) is 11.8 Å². The van der Waals surface area contributed by atoms with Crippen molar-refractivity contribution < 1.29 is 19.0 Å². The highest BCUT2D eigenvalue weighted by molar-refractivity contribution is 5.73. The number of hydrogen-bond acceptors (Lipinski definition) is 4. The zero-order valence-corrected chi connectivity index (χ0v) is 8.73. The van der Waals surface area contributed by atoms with E-state index < -0.39 is 5.79 Å². The van der Waals surface area contributed by atoms with Gasteiger partial charge in [-0.2, -0.15) is 0 Å². The molecule has 0 radical (unpaired) electrons. The fourth-order valence-electron chi connectivity index (χ4n) is 2.25. The molecule has 2 fully saturated rings. The molecule has 0 spiro atoms. The molecule has 2 atom stereocenters. The molecule has 15 heavy (non-hydrogen) atoms. The first-order valence-corrected chi connectivity index (χ1v) is 5.06. The molecule has 5 heteroatoms. The van der Waals surface area contributed by atoms with E-state index in [-0.39, 0.29) is 18.3 Å². The van der Waals surface area contributed by atoms with Crippen molar-refractivity contribution in [3.63, 3.8) is 0 Å². The Labute approximate surface area is 87.6 Å². The van der Waals surface area contributed by atoms with Gasteiger partial charge in [0.15, 0.2) is 5.79 Å². The lowest BCUT2D eigenvalue weighted by Crippen LogP contribution is -2.41. The first kappa shape index (κ1) is 9.18. The van der Waals surface area contributed by atoms with Crippen LogP contribution in [0.5, 0.6) is 0 Å². The molecule has 0 aromatic carbocycles. The molecule has 0 aliphatic carbocycles. The van der Waals surface area contributed by atoms with Crippen LogP contribution >= 0.6 is 0 Å². The largest absolute Gasteiger partial charge is 0.443 e. The molecule has 2 saturated heterocycles. The van der Waals surface area contributed by atoms with Crippen LogP contribution in [0.1, 0.15) is 13.8 Å². The number of amides is 1. The number of nitrogens with zero attached hydrogens (tertiary/aromatic N) is 1. The summed E-state index contributed by atoms with van der Waals surface area (Å²) in [6.07, 6.45) is 1.51. The van der Waals surface area contributed by atoms with Crippen LogP contribution in [-0.4, -0.2) is 42.1 Å². The van der Waals surface area contributed by atoms with Crippen LogP contribution in [0, 0.1) is 0 Å². The van der Waals surface area contributed by atoms with Crippen molar-refractivity contribution in [2.75, 3.05) is 13.2 Å². The van der Waals surface area contributed by atoms with Crippen LogP contribution in [0.2, 0.25) is 0 Å². The Hall–Kier alpha value is -1.07. The van der Waals surface area contributed by atoms with Gasteiger partial charge in [0.1, 0.15) is 18.8 Å².